The first-order chi connectivity index (χ1) is 7.65. The fourth-order valence-electron chi connectivity index (χ4n) is 2.08. The second kappa shape index (κ2) is 5.15. The van der Waals surface area contributed by atoms with E-state index in [1.54, 1.807) is 0 Å². The maximum Gasteiger partial charge on any atom is 0.126 e. The van der Waals surface area contributed by atoms with Gasteiger partial charge in [-0.15, -0.1) is 0 Å². The monoisotopic (exact) mass is 283 g/mol. The molecule has 0 radical (unpaired) electrons. The van der Waals surface area contributed by atoms with Crippen LogP contribution < -0.4 is 5.32 Å². The molecule has 1 aliphatic heterocycles. The summed E-state index contributed by atoms with van der Waals surface area (Å²) in [6.07, 6.45) is 1.29. The molecular formula is C12H18BrN3. The average molecular weight is 284 g/mol. The van der Waals surface area contributed by atoms with Gasteiger partial charge >= 0.3 is 0 Å². The molecule has 0 amide bonds. The first kappa shape index (κ1) is 11.9. The summed E-state index contributed by atoms with van der Waals surface area (Å²) < 4.78 is 1.07. The summed E-state index contributed by atoms with van der Waals surface area (Å²) in [7, 11) is 2.18. The second-order valence-corrected chi connectivity index (χ2v) is 5.42. The van der Waals surface area contributed by atoms with Crippen LogP contribution in [0.2, 0.25) is 0 Å². The van der Waals surface area contributed by atoms with Crippen LogP contribution in [0.15, 0.2) is 16.6 Å². The van der Waals surface area contributed by atoms with E-state index in [1.165, 1.54) is 19.5 Å². The number of pyridine rings is 1. The summed E-state index contributed by atoms with van der Waals surface area (Å²) in [6.45, 7) is 5.46. The quantitative estimate of drug-likeness (QED) is 0.924. The lowest BCUT2D eigenvalue weighted by atomic mass is 10.1. The Labute approximate surface area is 105 Å². The largest absolute Gasteiger partial charge is 0.370 e. The zero-order valence-corrected chi connectivity index (χ0v) is 11.4. The lowest BCUT2D eigenvalue weighted by Gasteiger charge is -2.12. The Kier molecular flexibility index (Phi) is 3.82. The van der Waals surface area contributed by atoms with Crippen molar-refractivity contribution in [1.29, 1.82) is 0 Å². The summed E-state index contributed by atoms with van der Waals surface area (Å²) in [5.41, 5.74) is 1.04. The van der Waals surface area contributed by atoms with Gasteiger partial charge in [0.15, 0.2) is 0 Å². The van der Waals surface area contributed by atoms with Gasteiger partial charge in [0.25, 0.3) is 0 Å². The standard InChI is InChI=1S/C12H18BrN3/c1-9-11(13)3-4-12(15-9)14-7-10-5-6-16(2)8-10/h3-4,10H,5-8H2,1-2H3,(H,14,15). The van der Waals surface area contributed by atoms with E-state index in [1.807, 2.05) is 19.1 Å². The smallest absolute Gasteiger partial charge is 0.126 e. The zero-order valence-electron chi connectivity index (χ0n) is 9.83. The number of likely N-dealkylation sites (tertiary alicyclic amines) is 1. The number of nitrogens with zero attached hydrogens (tertiary/aromatic N) is 2. The molecule has 16 heavy (non-hydrogen) atoms. The maximum atomic E-state index is 4.48. The Balaban J connectivity index is 1.87. The van der Waals surface area contributed by atoms with Crippen molar-refractivity contribution in [2.75, 3.05) is 32.0 Å². The van der Waals surface area contributed by atoms with Gasteiger partial charge in [-0.1, -0.05) is 0 Å². The molecule has 1 unspecified atom stereocenters. The number of hydrogen-bond acceptors (Lipinski definition) is 3. The predicted molar refractivity (Wildman–Crippen MR) is 70.8 cm³/mol. The van der Waals surface area contributed by atoms with Gasteiger partial charge in [-0.25, -0.2) is 4.98 Å². The number of anilines is 1. The lowest BCUT2D eigenvalue weighted by molar-refractivity contribution is 0.399. The second-order valence-electron chi connectivity index (χ2n) is 4.56. The highest BCUT2D eigenvalue weighted by atomic mass is 79.9. The van der Waals surface area contributed by atoms with Gasteiger partial charge in [0.2, 0.25) is 0 Å². The lowest BCUT2D eigenvalue weighted by Crippen LogP contribution is -2.19. The summed E-state index contributed by atoms with van der Waals surface area (Å²) >= 11 is 3.46. The van der Waals surface area contributed by atoms with Crippen molar-refractivity contribution < 1.29 is 0 Å². The van der Waals surface area contributed by atoms with E-state index in [2.05, 4.69) is 38.2 Å². The Morgan fingerprint density at radius 2 is 2.38 bits per heavy atom. The summed E-state index contributed by atoms with van der Waals surface area (Å²) in [6, 6.07) is 4.07. The van der Waals surface area contributed by atoms with Crippen molar-refractivity contribution in [1.82, 2.24) is 9.88 Å². The molecule has 1 saturated heterocycles. The van der Waals surface area contributed by atoms with Gasteiger partial charge in [-0.3, -0.25) is 0 Å². The molecule has 0 aromatic carbocycles. The number of halogens is 1. The molecule has 0 spiro atoms. The first-order valence-corrected chi connectivity index (χ1v) is 6.50. The molecule has 0 aliphatic carbocycles. The van der Waals surface area contributed by atoms with Crippen LogP contribution in [0, 0.1) is 12.8 Å². The molecule has 2 heterocycles. The number of rotatable bonds is 3. The van der Waals surface area contributed by atoms with Crippen LogP contribution in [0.1, 0.15) is 12.1 Å². The topological polar surface area (TPSA) is 28.2 Å². The van der Waals surface area contributed by atoms with Gasteiger partial charge in [0, 0.05) is 17.6 Å². The molecular weight excluding hydrogens is 266 g/mol. The Morgan fingerprint density at radius 1 is 1.56 bits per heavy atom. The summed E-state index contributed by atoms with van der Waals surface area (Å²) in [5, 5.41) is 3.42. The zero-order chi connectivity index (χ0) is 11.5. The molecule has 1 fully saturated rings. The number of hydrogen-bond donors (Lipinski definition) is 1. The van der Waals surface area contributed by atoms with E-state index in [0.717, 1.165) is 28.4 Å². The normalized spacial score (nSPS) is 21.3. The van der Waals surface area contributed by atoms with E-state index in [9.17, 15) is 0 Å². The number of nitrogens with one attached hydrogen (secondary N) is 1. The predicted octanol–water partition coefficient (Wildman–Crippen LogP) is 2.52. The SMILES string of the molecule is Cc1nc(NCC2CCN(C)C2)ccc1Br. The highest BCUT2D eigenvalue weighted by Gasteiger charge is 2.18. The van der Waals surface area contributed by atoms with Gasteiger partial charge in [0.05, 0.1) is 5.69 Å². The molecule has 1 aromatic heterocycles. The molecule has 0 bridgehead atoms. The Hall–Kier alpha value is -0.610. The van der Waals surface area contributed by atoms with E-state index in [4.69, 9.17) is 0 Å². The average Bonchev–Trinajstić information content (AvgIpc) is 2.66. The molecule has 1 aromatic rings. The van der Waals surface area contributed by atoms with E-state index in [0.29, 0.717) is 0 Å². The molecule has 2 rings (SSSR count). The minimum atomic E-state index is 0.760. The van der Waals surface area contributed by atoms with Gasteiger partial charge in [-0.2, -0.15) is 0 Å². The molecule has 1 aliphatic rings. The van der Waals surface area contributed by atoms with Crippen LogP contribution in [0.5, 0.6) is 0 Å². The third kappa shape index (κ3) is 2.95. The van der Waals surface area contributed by atoms with Crippen LogP contribution in [0.3, 0.4) is 0 Å². The number of aromatic nitrogens is 1. The van der Waals surface area contributed by atoms with Crippen molar-refractivity contribution in [3.63, 3.8) is 0 Å². The molecule has 3 nitrogen and oxygen atoms in total. The Bertz CT molecular complexity index is 367. The maximum absolute atomic E-state index is 4.48. The summed E-state index contributed by atoms with van der Waals surface area (Å²) in [4.78, 5) is 6.86. The van der Waals surface area contributed by atoms with Gasteiger partial charge in [-0.05, 0) is 60.9 Å². The number of aryl methyl sites for hydroxylation is 1. The minimum absolute atomic E-state index is 0.760. The molecule has 88 valence electrons. The fourth-order valence-corrected chi connectivity index (χ4v) is 2.31. The van der Waals surface area contributed by atoms with Crippen LogP contribution in [0.4, 0.5) is 5.82 Å². The van der Waals surface area contributed by atoms with Crippen molar-refractivity contribution in [2.45, 2.75) is 13.3 Å². The van der Waals surface area contributed by atoms with Gasteiger partial charge in [0.1, 0.15) is 5.82 Å². The van der Waals surface area contributed by atoms with E-state index in [-0.39, 0.29) is 0 Å². The first-order valence-electron chi connectivity index (χ1n) is 5.70. The van der Waals surface area contributed by atoms with Crippen molar-refractivity contribution >= 4 is 21.7 Å². The molecule has 1 atom stereocenters. The van der Waals surface area contributed by atoms with Crippen molar-refractivity contribution in [2.24, 2.45) is 5.92 Å². The van der Waals surface area contributed by atoms with E-state index >= 15 is 0 Å². The van der Waals surface area contributed by atoms with Crippen LogP contribution in [-0.2, 0) is 0 Å². The molecule has 0 saturated carbocycles. The highest BCUT2D eigenvalue weighted by molar-refractivity contribution is 9.10. The molecule has 4 heteroatoms. The minimum Gasteiger partial charge on any atom is -0.370 e. The fraction of sp³-hybridized carbons (Fsp3) is 0.583. The van der Waals surface area contributed by atoms with Crippen LogP contribution >= 0.6 is 15.9 Å². The van der Waals surface area contributed by atoms with Crippen molar-refractivity contribution in [3.8, 4) is 0 Å². The van der Waals surface area contributed by atoms with Crippen LogP contribution in [0.25, 0.3) is 0 Å². The highest BCUT2D eigenvalue weighted by Crippen LogP contribution is 2.18. The van der Waals surface area contributed by atoms with E-state index < -0.39 is 0 Å². The third-order valence-electron chi connectivity index (χ3n) is 3.08. The third-order valence-corrected chi connectivity index (χ3v) is 3.92. The van der Waals surface area contributed by atoms with Crippen LogP contribution in [-0.4, -0.2) is 36.6 Å². The summed E-state index contributed by atoms with van der Waals surface area (Å²) in [5.74, 6) is 1.74. The molecule has 1 N–H and O–H groups in total. The Morgan fingerprint density at radius 3 is 3.00 bits per heavy atom. The van der Waals surface area contributed by atoms with Crippen molar-refractivity contribution in [3.05, 3.63) is 22.3 Å². The van der Waals surface area contributed by atoms with Gasteiger partial charge < -0.3 is 10.2 Å².